The lowest BCUT2D eigenvalue weighted by molar-refractivity contribution is 0.472. The van der Waals surface area contributed by atoms with Crippen LogP contribution in [0.5, 0.6) is 0 Å². The van der Waals surface area contributed by atoms with Crippen LogP contribution in [0.4, 0.5) is 11.4 Å². The molecule has 0 spiro atoms. The van der Waals surface area contributed by atoms with Crippen LogP contribution in [0.25, 0.3) is 0 Å². The average Bonchev–Trinajstić information content (AvgIpc) is 3.32. The van der Waals surface area contributed by atoms with E-state index in [-0.39, 0.29) is 16.9 Å². The third-order valence-electron chi connectivity index (χ3n) is 9.35. The van der Waals surface area contributed by atoms with Gasteiger partial charge in [0.15, 0.2) is 0 Å². The minimum atomic E-state index is -0.0775. The Morgan fingerprint density at radius 2 is 1.51 bits per heavy atom. The van der Waals surface area contributed by atoms with Gasteiger partial charge in [0.1, 0.15) is 0 Å². The van der Waals surface area contributed by atoms with E-state index in [0.29, 0.717) is 13.1 Å². The summed E-state index contributed by atoms with van der Waals surface area (Å²) < 4.78 is 0. The monoisotopic (exact) mass is 570 g/mol. The molecule has 0 aromatic heterocycles. The van der Waals surface area contributed by atoms with E-state index in [1.165, 1.54) is 39.3 Å². The van der Waals surface area contributed by atoms with E-state index >= 15 is 0 Å². The largest absolute Gasteiger partial charge is 0.364 e. The number of hydrogen-bond acceptors (Lipinski definition) is 4. The molecule has 1 unspecified atom stereocenters. The molecule has 1 aliphatic carbocycles. The minimum Gasteiger partial charge on any atom is -0.364 e. The van der Waals surface area contributed by atoms with Crippen LogP contribution >= 0.6 is 11.6 Å². The number of halogens is 1. The number of hydrogen-bond donors (Lipinski definition) is 2. The number of allylic oxidation sites excluding steroid dienone is 7. The van der Waals surface area contributed by atoms with Crippen molar-refractivity contribution in [1.82, 2.24) is 0 Å². The summed E-state index contributed by atoms with van der Waals surface area (Å²) in [6, 6.07) is 17.9. The third kappa shape index (κ3) is 5.55. The second-order valence-corrected chi connectivity index (χ2v) is 13.1. The Balaban J connectivity index is 1.45. The van der Waals surface area contributed by atoms with E-state index in [1.807, 2.05) is 0 Å². The molecular formula is C36H47ClN4. The van der Waals surface area contributed by atoms with Gasteiger partial charge in [-0.3, -0.25) is 0 Å². The molecule has 218 valence electrons. The number of nitrogens with two attached hydrogens (primary N) is 2. The van der Waals surface area contributed by atoms with E-state index in [1.54, 1.807) is 0 Å². The first-order valence-electron chi connectivity index (χ1n) is 15.3. The van der Waals surface area contributed by atoms with Gasteiger partial charge in [-0.1, -0.05) is 93.9 Å². The smallest absolute Gasteiger partial charge is 0.0568 e. The Morgan fingerprint density at radius 3 is 2.24 bits per heavy atom. The molecule has 2 aromatic rings. The van der Waals surface area contributed by atoms with Crippen LogP contribution in [0.15, 0.2) is 94.7 Å². The van der Waals surface area contributed by atoms with Crippen LogP contribution in [0.1, 0.15) is 70.9 Å². The molecule has 0 saturated heterocycles. The number of anilines is 2. The highest BCUT2D eigenvalue weighted by Crippen LogP contribution is 2.48. The van der Waals surface area contributed by atoms with Crippen molar-refractivity contribution in [2.24, 2.45) is 11.5 Å². The fourth-order valence-corrected chi connectivity index (χ4v) is 7.37. The van der Waals surface area contributed by atoms with Crippen molar-refractivity contribution >= 4 is 23.0 Å². The van der Waals surface area contributed by atoms with E-state index < -0.39 is 0 Å². The second kappa shape index (κ2) is 12.2. The van der Waals surface area contributed by atoms with Gasteiger partial charge in [0.05, 0.1) is 6.04 Å². The zero-order valence-corrected chi connectivity index (χ0v) is 26.1. The quantitative estimate of drug-likeness (QED) is 0.324. The molecule has 3 aliphatic rings. The van der Waals surface area contributed by atoms with Gasteiger partial charge in [0.2, 0.25) is 0 Å². The Hall–Kier alpha value is -2.79. The van der Waals surface area contributed by atoms with Crippen LogP contribution < -0.4 is 21.3 Å². The van der Waals surface area contributed by atoms with Crippen molar-refractivity contribution in [3.8, 4) is 0 Å². The molecule has 2 heterocycles. The highest BCUT2D eigenvalue weighted by Gasteiger charge is 2.43. The molecular weight excluding hydrogens is 524 g/mol. The SMILES string of the molecule is CC1(C)/C(=C\C=C2/CCCC(/C=C/C3N(CCCN)c4ccccc4C3(C)C)=C2Cl)N(CCCN)c2ccccc21. The molecule has 2 aliphatic heterocycles. The zero-order chi connectivity index (χ0) is 29.2. The molecule has 0 bridgehead atoms. The van der Waals surface area contributed by atoms with Crippen molar-refractivity contribution in [3.05, 3.63) is 106 Å². The topological polar surface area (TPSA) is 58.5 Å². The van der Waals surface area contributed by atoms with E-state index in [4.69, 9.17) is 23.1 Å². The molecule has 0 saturated carbocycles. The Kier molecular flexibility index (Phi) is 8.84. The molecule has 2 aromatic carbocycles. The molecule has 5 rings (SSSR count). The Morgan fingerprint density at radius 1 is 0.854 bits per heavy atom. The summed E-state index contributed by atoms with van der Waals surface area (Å²) in [4.78, 5) is 4.99. The normalized spacial score (nSPS) is 23.2. The van der Waals surface area contributed by atoms with Gasteiger partial charge >= 0.3 is 0 Å². The Bertz CT molecular complexity index is 1380. The second-order valence-electron chi connectivity index (χ2n) is 12.8. The number of para-hydroxylation sites is 2. The van der Waals surface area contributed by atoms with E-state index in [9.17, 15) is 0 Å². The van der Waals surface area contributed by atoms with Crippen LogP contribution in [0.2, 0.25) is 0 Å². The van der Waals surface area contributed by atoms with Crippen molar-refractivity contribution < 1.29 is 0 Å². The molecule has 0 radical (unpaired) electrons. The maximum atomic E-state index is 7.15. The van der Waals surface area contributed by atoms with Gasteiger partial charge in [-0.2, -0.15) is 0 Å². The molecule has 4 nitrogen and oxygen atoms in total. The van der Waals surface area contributed by atoms with Gasteiger partial charge in [-0.15, -0.1) is 0 Å². The lowest BCUT2D eigenvalue weighted by Crippen LogP contribution is -2.41. The first-order valence-corrected chi connectivity index (χ1v) is 15.7. The molecule has 41 heavy (non-hydrogen) atoms. The molecule has 0 fully saturated rings. The summed E-state index contributed by atoms with van der Waals surface area (Å²) in [6.45, 7) is 12.6. The van der Waals surface area contributed by atoms with Crippen LogP contribution in [0, 0.1) is 0 Å². The van der Waals surface area contributed by atoms with Gasteiger partial charge in [0, 0.05) is 46.0 Å². The van der Waals surface area contributed by atoms with E-state index in [0.717, 1.165) is 50.2 Å². The summed E-state index contributed by atoms with van der Waals surface area (Å²) in [6.07, 6.45) is 14.3. The fraction of sp³-hybridized carbons (Fsp3) is 0.444. The molecule has 1 atom stereocenters. The highest BCUT2D eigenvalue weighted by atomic mass is 35.5. The highest BCUT2D eigenvalue weighted by molar-refractivity contribution is 6.32. The standard InChI is InChI=1S/C36H47ClN4/c1-35(2)28-14-5-7-16-30(28)40(24-10-22-38)32(35)20-18-26-12-9-13-27(34(26)37)19-21-33-36(3,4)29-15-6-8-17-31(29)41(33)25-11-23-39/h5-8,14-21,32H,9-13,22-25,38-39H2,1-4H3/b20-18+,27-19+,33-21+. The first-order chi connectivity index (χ1) is 19.7. The van der Waals surface area contributed by atoms with Crippen LogP contribution in [-0.4, -0.2) is 32.2 Å². The van der Waals surface area contributed by atoms with Crippen LogP contribution in [0.3, 0.4) is 0 Å². The summed E-state index contributed by atoms with van der Waals surface area (Å²) >= 11 is 7.15. The fourth-order valence-electron chi connectivity index (χ4n) is 7.06. The van der Waals surface area contributed by atoms with E-state index in [2.05, 4.69) is 110 Å². The Labute approximate surface area is 252 Å². The number of nitrogens with zero attached hydrogens (tertiary/aromatic N) is 2. The number of fused-ring (bicyclic) bond motifs is 2. The van der Waals surface area contributed by atoms with Gasteiger partial charge in [-0.25, -0.2) is 0 Å². The van der Waals surface area contributed by atoms with Crippen molar-refractivity contribution in [3.63, 3.8) is 0 Å². The van der Waals surface area contributed by atoms with Crippen molar-refractivity contribution in [1.29, 1.82) is 0 Å². The van der Waals surface area contributed by atoms with Gasteiger partial charge in [-0.05, 0) is 85.7 Å². The predicted octanol–water partition coefficient (Wildman–Crippen LogP) is 7.69. The molecule has 0 amide bonds. The maximum Gasteiger partial charge on any atom is 0.0568 e. The maximum absolute atomic E-state index is 7.15. The van der Waals surface area contributed by atoms with Gasteiger partial charge in [0.25, 0.3) is 0 Å². The third-order valence-corrected chi connectivity index (χ3v) is 9.83. The lowest BCUT2D eigenvalue weighted by Gasteiger charge is -2.32. The summed E-state index contributed by atoms with van der Waals surface area (Å²) in [5.41, 5.74) is 20.9. The summed E-state index contributed by atoms with van der Waals surface area (Å²) in [7, 11) is 0. The van der Waals surface area contributed by atoms with Crippen molar-refractivity contribution in [2.75, 3.05) is 36.0 Å². The molecule has 5 heteroatoms. The van der Waals surface area contributed by atoms with Crippen molar-refractivity contribution in [2.45, 2.75) is 76.7 Å². The van der Waals surface area contributed by atoms with Crippen LogP contribution in [-0.2, 0) is 10.8 Å². The minimum absolute atomic E-state index is 0.00251. The lowest BCUT2D eigenvalue weighted by atomic mass is 9.80. The first kappa shape index (κ1) is 29.7. The van der Waals surface area contributed by atoms with Gasteiger partial charge < -0.3 is 21.3 Å². The predicted molar refractivity (Wildman–Crippen MR) is 177 cm³/mol. The summed E-state index contributed by atoms with van der Waals surface area (Å²) in [5, 5.41) is 0.910. The zero-order valence-electron chi connectivity index (χ0n) is 25.3. The number of rotatable bonds is 9. The molecule has 4 N–H and O–H groups in total. The summed E-state index contributed by atoms with van der Waals surface area (Å²) in [5.74, 6) is 0. The number of benzene rings is 2. The average molecular weight is 571 g/mol.